The number of aromatic nitrogens is 1. The number of ether oxygens (including phenoxy) is 1. The molecule has 1 aliphatic heterocycles. The molecule has 0 unspecified atom stereocenters. The van der Waals surface area contributed by atoms with Crippen molar-refractivity contribution >= 4 is 11.3 Å². The van der Waals surface area contributed by atoms with Gasteiger partial charge in [0.1, 0.15) is 10.8 Å². The van der Waals surface area contributed by atoms with Gasteiger partial charge in [0.15, 0.2) is 0 Å². The Morgan fingerprint density at radius 2 is 1.83 bits per heavy atom. The Morgan fingerprint density at radius 3 is 2.50 bits per heavy atom. The van der Waals surface area contributed by atoms with Crippen LogP contribution in [0.4, 0.5) is 0 Å². The molecule has 2 heterocycles. The van der Waals surface area contributed by atoms with Crippen LogP contribution in [0.2, 0.25) is 0 Å². The summed E-state index contributed by atoms with van der Waals surface area (Å²) >= 11 is 1.70. The number of piperazine rings is 1. The largest absolute Gasteiger partial charge is 0.494 e. The number of rotatable bonds is 7. The zero-order valence-electron chi connectivity index (χ0n) is 14.1. The third-order valence-corrected chi connectivity index (χ3v) is 5.17. The average molecular weight is 347 g/mol. The molecule has 2 aromatic rings. The highest BCUT2D eigenvalue weighted by molar-refractivity contribution is 7.13. The third kappa shape index (κ3) is 4.54. The Kier molecular flexibility index (Phi) is 6.20. The second kappa shape index (κ2) is 8.58. The summed E-state index contributed by atoms with van der Waals surface area (Å²) in [4.78, 5) is 9.53. The van der Waals surface area contributed by atoms with Crippen LogP contribution in [-0.2, 0) is 6.54 Å². The monoisotopic (exact) mass is 347 g/mol. The van der Waals surface area contributed by atoms with Crippen molar-refractivity contribution in [3.63, 3.8) is 0 Å². The van der Waals surface area contributed by atoms with Crippen molar-refractivity contribution in [1.29, 1.82) is 0 Å². The van der Waals surface area contributed by atoms with E-state index in [1.165, 1.54) is 0 Å². The number of β-amino-alcohol motifs (C(OH)–C–C–N with tert-alkyl or cyclic N) is 1. The number of nitrogens with zero attached hydrogens (tertiary/aromatic N) is 3. The number of aliphatic hydroxyl groups excluding tert-OH is 1. The van der Waals surface area contributed by atoms with E-state index in [0.29, 0.717) is 6.61 Å². The highest BCUT2D eigenvalue weighted by Gasteiger charge is 2.17. The molecular weight excluding hydrogens is 322 g/mol. The normalized spacial score (nSPS) is 16.4. The Hall–Kier alpha value is -1.47. The van der Waals surface area contributed by atoms with Crippen molar-refractivity contribution in [2.75, 3.05) is 45.9 Å². The minimum Gasteiger partial charge on any atom is -0.494 e. The summed E-state index contributed by atoms with van der Waals surface area (Å²) in [5.41, 5.74) is 2.28. The van der Waals surface area contributed by atoms with Crippen LogP contribution in [0, 0.1) is 0 Å². The molecule has 3 rings (SSSR count). The van der Waals surface area contributed by atoms with E-state index in [9.17, 15) is 0 Å². The highest BCUT2D eigenvalue weighted by Crippen LogP contribution is 2.26. The lowest BCUT2D eigenvalue weighted by molar-refractivity contribution is 0.108. The minimum atomic E-state index is 0.248. The Morgan fingerprint density at radius 1 is 1.12 bits per heavy atom. The standard InChI is InChI=1S/C18H25N3O2S/c1-2-23-17-5-3-15(4-6-17)18-19-16(14-24-18)13-21-9-7-20(8-10-21)11-12-22/h3-6,14,22H,2,7-13H2,1H3. The first-order valence-electron chi connectivity index (χ1n) is 8.51. The van der Waals surface area contributed by atoms with Crippen LogP contribution in [0.15, 0.2) is 29.6 Å². The van der Waals surface area contributed by atoms with E-state index < -0.39 is 0 Å². The van der Waals surface area contributed by atoms with Crippen LogP contribution in [-0.4, -0.2) is 65.8 Å². The molecule has 0 radical (unpaired) electrons. The van der Waals surface area contributed by atoms with E-state index in [-0.39, 0.29) is 6.61 Å². The van der Waals surface area contributed by atoms with Gasteiger partial charge in [-0.1, -0.05) is 0 Å². The molecule has 1 aliphatic rings. The second-order valence-electron chi connectivity index (χ2n) is 5.94. The predicted molar refractivity (Wildman–Crippen MR) is 97.5 cm³/mol. The van der Waals surface area contributed by atoms with Gasteiger partial charge >= 0.3 is 0 Å². The van der Waals surface area contributed by atoms with E-state index >= 15 is 0 Å². The Labute approximate surface area is 147 Å². The molecule has 1 aromatic carbocycles. The summed E-state index contributed by atoms with van der Waals surface area (Å²) in [5.74, 6) is 0.902. The molecular formula is C18H25N3O2S. The average Bonchev–Trinajstić information content (AvgIpc) is 3.06. The number of benzene rings is 1. The van der Waals surface area contributed by atoms with E-state index in [0.717, 1.165) is 61.3 Å². The van der Waals surface area contributed by atoms with Gasteiger partial charge in [-0.25, -0.2) is 4.98 Å². The molecule has 0 aliphatic carbocycles. The summed E-state index contributed by atoms with van der Waals surface area (Å²) < 4.78 is 5.49. The van der Waals surface area contributed by atoms with Gasteiger partial charge < -0.3 is 9.84 Å². The molecule has 24 heavy (non-hydrogen) atoms. The maximum atomic E-state index is 9.01. The first-order valence-corrected chi connectivity index (χ1v) is 9.39. The fourth-order valence-corrected chi connectivity index (χ4v) is 3.73. The van der Waals surface area contributed by atoms with Crippen LogP contribution < -0.4 is 4.74 Å². The van der Waals surface area contributed by atoms with Gasteiger partial charge in [-0.3, -0.25) is 9.80 Å². The summed E-state index contributed by atoms with van der Waals surface area (Å²) in [6, 6.07) is 8.14. The lowest BCUT2D eigenvalue weighted by atomic mass is 10.2. The molecule has 5 nitrogen and oxygen atoms in total. The smallest absolute Gasteiger partial charge is 0.123 e. The van der Waals surface area contributed by atoms with Gasteiger partial charge in [0, 0.05) is 50.2 Å². The zero-order valence-corrected chi connectivity index (χ0v) is 15.0. The Balaban J connectivity index is 1.56. The van der Waals surface area contributed by atoms with Gasteiger partial charge in [-0.2, -0.15) is 0 Å². The van der Waals surface area contributed by atoms with E-state index in [4.69, 9.17) is 14.8 Å². The second-order valence-corrected chi connectivity index (χ2v) is 6.80. The molecule has 1 aromatic heterocycles. The zero-order chi connectivity index (χ0) is 16.8. The summed E-state index contributed by atoms with van der Waals surface area (Å²) in [6.07, 6.45) is 0. The van der Waals surface area contributed by atoms with Crippen LogP contribution >= 0.6 is 11.3 Å². The van der Waals surface area contributed by atoms with Crippen molar-refractivity contribution in [1.82, 2.24) is 14.8 Å². The molecule has 0 atom stereocenters. The van der Waals surface area contributed by atoms with Gasteiger partial charge in [0.05, 0.1) is 18.9 Å². The van der Waals surface area contributed by atoms with Crippen LogP contribution in [0.3, 0.4) is 0 Å². The van der Waals surface area contributed by atoms with Crippen molar-refractivity contribution in [2.24, 2.45) is 0 Å². The number of aliphatic hydroxyl groups is 1. The fraction of sp³-hybridized carbons (Fsp3) is 0.500. The van der Waals surface area contributed by atoms with Crippen LogP contribution in [0.25, 0.3) is 10.6 Å². The fourth-order valence-electron chi connectivity index (χ4n) is 2.91. The predicted octanol–water partition coefficient (Wildman–Crippen LogP) is 2.32. The molecule has 1 N–H and O–H groups in total. The maximum absolute atomic E-state index is 9.01. The van der Waals surface area contributed by atoms with Crippen molar-refractivity contribution in [3.8, 4) is 16.3 Å². The van der Waals surface area contributed by atoms with Crippen LogP contribution in [0.5, 0.6) is 5.75 Å². The first kappa shape index (κ1) is 17.4. The number of thiazole rings is 1. The van der Waals surface area contributed by atoms with Gasteiger partial charge in [0.2, 0.25) is 0 Å². The number of hydrogen-bond donors (Lipinski definition) is 1. The number of hydrogen-bond acceptors (Lipinski definition) is 6. The molecule has 1 saturated heterocycles. The van der Waals surface area contributed by atoms with Gasteiger partial charge in [-0.15, -0.1) is 11.3 Å². The molecule has 6 heteroatoms. The minimum absolute atomic E-state index is 0.248. The van der Waals surface area contributed by atoms with Gasteiger partial charge in [0.25, 0.3) is 0 Å². The first-order chi connectivity index (χ1) is 11.8. The van der Waals surface area contributed by atoms with E-state index in [2.05, 4.69) is 27.3 Å². The molecule has 0 saturated carbocycles. The van der Waals surface area contributed by atoms with Crippen LogP contribution in [0.1, 0.15) is 12.6 Å². The molecule has 130 valence electrons. The summed E-state index contributed by atoms with van der Waals surface area (Å²) in [5, 5.41) is 12.2. The summed E-state index contributed by atoms with van der Waals surface area (Å²) in [6.45, 7) is 8.74. The topological polar surface area (TPSA) is 48.8 Å². The van der Waals surface area contributed by atoms with E-state index in [1.807, 2.05) is 19.1 Å². The molecule has 0 spiro atoms. The van der Waals surface area contributed by atoms with Gasteiger partial charge in [-0.05, 0) is 31.2 Å². The van der Waals surface area contributed by atoms with Crippen molar-refractivity contribution in [2.45, 2.75) is 13.5 Å². The molecule has 1 fully saturated rings. The molecule has 0 amide bonds. The van der Waals surface area contributed by atoms with E-state index in [1.54, 1.807) is 11.3 Å². The SMILES string of the molecule is CCOc1ccc(-c2nc(CN3CCN(CCO)CC3)cs2)cc1. The molecule has 0 bridgehead atoms. The lowest BCUT2D eigenvalue weighted by Gasteiger charge is -2.33. The Bertz CT molecular complexity index is 621. The lowest BCUT2D eigenvalue weighted by Crippen LogP contribution is -2.46. The highest BCUT2D eigenvalue weighted by atomic mass is 32.1. The van der Waals surface area contributed by atoms with Crippen molar-refractivity contribution < 1.29 is 9.84 Å². The maximum Gasteiger partial charge on any atom is 0.123 e. The summed E-state index contributed by atoms with van der Waals surface area (Å²) in [7, 11) is 0. The van der Waals surface area contributed by atoms with Crippen molar-refractivity contribution in [3.05, 3.63) is 35.3 Å². The quantitative estimate of drug-likeness (QED) is 0.833. The third-order valence-electron chi connectivity index (χ3n) is 4.23.